The Morgan fingerprint density at radius 1 is 1.35 bits per heavy atom. The second kappa shape index (κ2) is 5.86. The molecule has 2 unspecified atom stereocenters. The van der Waals surface area contributed by atoms with Crippen LogP contribution in [0.3, 0.4) is 0 Å². The summed E-state index contributed by atoms with van der Waals surface area (Å²) in [5.74, 6) is 1.31. The summed E-state index contributed by atoms with van der Waals surface area (Å²) in [7, 11) is 0. The van der Waals surface area contributed by atoms with E-state index in [2.05, 4.69) is 0 Å². The Morgan fingerprint density at radius 3 is 2.71 bits per heavy atom. The molecule has 0 aromatic heterocycles. The molecule has 0 spiro atoms. The summed E-state index contributed by atoms with van der Waals surface area (Å²) < 4.78 is 15.8. The topological polar surface area (TPSA) is 71.5 Å². The fourth-order valence-electron chi connectivity index (χ4n) is 1.25. The lowest BCUT2D eigenvalue weighted by atomic mass is 10.3. The van der Waals surface area contributed by atoms with Crippen LogP contribution in [0, 0.1) is 0 Å². The lowest BCUT2D eigenvalue weighted by Gasteiger charge is -2.11. The minimum Gasteiger partial charge on any atom is -0.491 e. The summed E-state index contributed by atoms with van der Waals surface area (Å²) in [6.45, 7) is 1.06. The van der Waals surface area contributed by atoms with Crippen molar-refractivity contribution in [3.05, 3.63) is 24.3 Å². The smallest absolute Gasteiger partial charge is 0.123 e. The highest BCUT2D eigenvalue weighted by atomic mass is 16.6. The second-order valence-electron chi connectivity index (χ2n) is 3.89. The van der Waals surface area contributed by atoms with Crippen LogP contribution in [-0.2, 0) is 4.74 Å². The molecule has 2 atom stereocenters. The van der Waals surface area contributed by atoms with E-state index >= 15 is 0 Å². The van der Waals surface area contributed by atoms with Gasteiger partial charge < -0.3 is 24.4 Å². The van der Waals surface area contributed by atoms with Gasteiger partial charge in [0.15, 0.2) is 0 Å². The van der Waals surface area contributed by atoms with Crippen molar-refractivity contribution in [2.24, 2.45) is 0 Å². The third kappa shape index (κ3) is 4.22. The number of aliphatic hydroxyl groups is 2. The number of aliphatic hydroxyl groups excluding tert-OH is 2. The third-order valence-electron chi connectivity index (χ3n) is 2.30. The van der Waals surface area contributed by atoms with Crippen molar-refractivity contribution >= 4 is 0 Å². The highest BCUT2D eigenvalue weighted by Gasteiger charge is 2.23. The molecule has 94 valence electrons. The maximum Gasteiger partial charge on any atom is 0.123 e. The van der Waals surface area contributed by atoms with Crippen molar-refractivity contribution in [3.63, 3.8) is 0 Å². The molecule has 17 heavy (non-hydrogen) atoms. The van der Waals surface area contributed by atoms with Gasteiger partial charge in [0.05, 0.1) is 13.2 Å². The summed E-state index contributed by atoms with van der Waals surface area (Å²) in [5.41, 5.74) is 0. The lowest BCUT2D eigenvalue weighted by Crippen LogP contribution is -2.21. The summed E-state index contributed by atoms with van der Waals surface area (Å²) in [5, 5.41) is 17.8. The standard InChI is InChI=1S/C12H16O5/c13-5-9(14)6-15-10-2-1-3-11(4-10)16-7-12-8-17-12/h1-4,9,12-14H,5-8H2. The average molecular weight is 240 g/mol. The molecule has 2 N–H and O–H groups in total. The molecule has 1 aromatic rings. The van der Waals surface area contributed by atoms with Gasteiger partial charge in [0.1, 0.15) is 36.9 Å². The van der Waals surface area contributed by atoms with Crippen LogP contribution < -0.4 is 9.47 Å². The Hall–Kier alpha value is -1.30. The van der Waals surface area contributed by atoms with Crippen LogP contribution in [0.15, 0.2) is 24.3 Å². The Bertz CT molecular complexity index is 351. The van der Waals surface area contributed by atoms with Gasteiger partial charge in [-0.05, 0) is 12.1 Å². The van der Waals surface area contributed by atoms with E-state index in [1.54, 1.807) is 12.1 Å². The summed E-state index contributed by atoms with van der Waals surface area (Å²) in [6, 6.07) is 7.15. The Morgan fingerprint density at radius 2 is 2.06 bits per heavy atom. The highest BCUT2D eigenvalue weighted by molar-refractivity contribution is 5.33. The quantitative estimate of drug-likeness (QED) is 0.666. The van der Waals surface area contributed by atoms with E-state index in [1.165, 1.54) is 0 Å². The minimum atomic E-state index is -0.862. The Kier molecular flexibility index (Phi) is 4.19. The molecule has 1 fully saturated rings. The summed E-state index contributed by atoms with van der Waals surface area (Å²) >= 11 is 0. The molecule has 5 heteroatoms. The monoisotopic (exact) mass is 240 g/mol. The van der Waals surface area contributed by atoms with Crippen molar-refractivity contribution in [2.75, 3.05) is 26.4 Å². The van der Waals surface area contributed by atoms with E-state index in [4.69, 9.17) is 24.4 Å². The number of benzene rings is 1. The Labute approximate surface area is 99.5 Å². The van der Waals surface area contributed by atoms with Crippen LogP contribution in [0.5, 0.6) is 11.5 Å². The van der Waals surface area contributed by atoms with Gasteiger partial charge in [0.25, 0.3) is 0 Å². The van der Waals surface area contributed by atoms with Crippen LogP contribution >= 0.6 is 0 Å². The maximum absolute atomic E-state index is 9.15. The van der Waals surface area contributed by atoms with E-state index in [0.717, 1.165) is 6.61 Å². The molecule has 0 amide bonds. The lowest BCUT2D eigenvalue weighted by molar-refractivity contribution is 0.0535. The van der Waals surface area contributed by atoms with Crippen molar-refractivity contribution in [3.8, 4) is 11.5 Å². The van der Waals surface area contributed by atoms with Crippen molar-refractivity contribution in [2.45, 2.75) is 12.2 Å². The highest BCUT2D eigenvalue weighted by Crippen LogP contribution is 2.21. The molecule has 1 aliphatic heterocycles. The van der Waals surface area contributed by atoms with E-state index < -0.39 is 6.10 Å². The molecule has 0 saturated carbocycles. The van der Waals surface area contributed by atoms with Gasteiger partial charge in [-0.25, -0.2) is 0 Å². The zero-order valence-corrected chi connectivity index (χ0v) is 9.41. The van der Waals surface area contributed by atoms with Gasteiger partial charge >= 0.3 is 0 Å². The van der Waals surface area contributed by atoms with Gasteiger partial charge in [-0.3, -0.25) is 0 Å². The van der Waals surface area contributed by atoms with Crippen LogP contribution in [0.4, 0.5) is 0 Å². The van der Waals surface area contributed by atoms with E-state index in [0.29, 0.717) is 18.1 Å². The fourth-order valence-corrected chi connectivity index (χ4v) is 1.25. The first-order chi connectivity index (χ1) is 8.28. The maximum atomic E-state index is 9.15. The molecule has 1 saturated heterocycles. The SMILES string of the molecule is OCC(O)COc1cccc(OCC2CO2)c1. The van der Waals surface area contributed by atoms with Crippen molar-refractivity contribution < 1.29 is 24.4 Å². The molecular formula is C12H16O5. The first-order valence-corrected chi connectivity index (χ1v) is 5.54. The molecule has 5 nitrogen and oxygen atoms in total. The zero-order valence-electron chi connectivity index (χ0n) is 9.41. The molecule has 1 aromatic carbocycles. The first kappa shape index (κ1) is 12.2. The zero-order chi connectivity index (χ0) is 12.1. The van der Waals surface area contributed by atoms with Crippen molar-refractivity contribution in [1.82, 2.24) is 0 Å². The van der Waals surface area contributed by atoms with Crippen LogP contribution in [0.25, 0.3) is 0 Å². The average Bonchev–Trinajstić information content (AvgIpc) is 3.18. The normalized spacial score (nSPS) is 19.8. The predicted molar refractivity (Wildman–Crippen MR) is 60.3 cm³/mol. The molecular weight excluding hydrogens is 224 g/mol. The Balaban J connectivity index is 1.82. The van der Waals surface area contributed by atoms with Crippen LogP contribution in [0.2, 0.25) is 0 Å². The fraction of sp³-hybridized carbons (Fsp3) is 0.500. The van der Waals surface area contributed by atoms with Gasteiger partial charge in [-0.1, -0.05) is 6.07 Å². The second-order valence-corrected chi connectivity index (χ2v) is 3.89. The van der Waals surface area contributed by atoms with Gasteiger partial charge in [-0.15, -0.1) is 0 Å². The van der Waals surface area contributed by atoms with E-state index in [-0.39, 0.29) is 19.3 Å². The summed E-state index contributed by atoms with van der Waals surface area (Å²) in [6.07, 6.45) is -0.643. The van der Waals surface area contributed by atoms with Gasteiger partial charge in [0.2, 0.25) is 0 Å². The molecule has 2 rings (SSSR count). The van der Waals surface area contributed by atoms with Crippen molar-refractivity contribution in [1.29, 1.82) is 0 Å². The number of epoxide rings is 1. The number of hydrogen-bond donors (Lipinski definition) is 2. The minimum absolute atomic E-state index is 0.0612. The van der Waals surface area contributed by atoms with E-state index in [9.17, 15) is 0 Å². The first-order valence-electron chi connectivity index (χ1n) is 5.54. The molecule has 0 aliphatic carbocycles. The predicted octanol–water partition coefficient (Wildman–Crippen LogP) is 0.196. The molecule has 1 heterocycles. The number of rotatable bonds is 7. The van der Waals surface area contributed by atoms with E-state index in [1.807, 2.05) is 12.1 Å². The van der Waals surface area contributed by atoms with Crippen LogP contribution in [0.1, 0.15) is 0 Å². The van der Waals surface area contributed by atoms with Gasteiger partial charge in [0, 0.05) is 6.07 Å². The third-order valence-corrected chi connectivity index (χ3v) is 2.30. The number of ether oxygens (including phenoxy) is 3. The largest absolute Gasteiger partial charge is 0.491 e. The summed E-state index contributed by atoms with van der Waals surface area (Å²) in [4.78, 5) is 0. The number of hydrogen-bond acceptors (Lipinski definition) is 5. The molecule has 0 radical (unpaired) electrons. The van der Waals surface area contributed by atoms with Crippen LogP contribution in [-0.4, -0.2) is 48.8 Å². The molecule has 0 bridgehead atoms. The van der Waals surface area contributed by atoms with Gasteiger partial charge in [-0.2, -0.15) is 0 Å². The molecule has 1 aliphatic rings.